The Labute approximate surface area is 215 Å². The third-order valence-corrected chi connectivity index (χ3v) is 7.17. The summed E-state index contributed by atoms with van der Waals surface area (Å²) in [6.45, 7) is 1.94. The zero-order valence-electron chi connectivity index (χ0n) is 19.3. The Morgan fingerprint density at radius 3 is 2.60 bits per heavy atom. The first kappa shape index (κ1) is 25.2. The van der Waals surface area contributed by atoms with Crippen LogP contribution in [0.1, 0.15) is 28.7 Å². The van der Waals surface area contributed by atoms with E-state index in [0.29, 0.717) is 23.8 Å². The standard InChI is InChI=1S/C28H26ClFN2O2.ClH/c1-34-23-9-2-18-3-11-25(24-10-6-20(30)14-27(24)29)28(17-33,26(18)15-23)19-4-7-21(8-5-19)32-22-12-13-31-16-22;/h2,4-11,14-15,17,22,31-32H,3,12-13,16H2,1H3;1H/t22-,28?;/m0./s1. The minimum atomic E-state index is -1.11. The lowest BCUT2D eigenvalue weighted by Gasteiger charge is -2.37. The largest absolute Gasteiger partial charge is 0.497 e. The summed E-state index contributed by atoms with van der Waals surface area (Å²) in [5.74, 6) is 0.254. The molecule has 0 radical (unpaired) electrons. The molecule has 2 N–H and O–H groups in total. The minimum Gasteiger partial charge on any atom is -0.497 e. The molecule has 3 aromatic rings. The van der Waals surface area contributed by atoms with Gasteiger partial charge in [0.2, 0.25) is 0 Å². The van der Waals surface area contributed by atoms with Crippen LogP contribution in [0.25, 0.3) is 5.57 Å². The molecular formula is C28H27Cl2FN2O2. The van der Waals surface area contributed by atoms with Crippen LogP contribution in [0.3, 0.4) is 0 Å². The van der Waals surface area contributed by atoms with Gasteiger partial charge in [0.15, 0.2) is 0 Å². The fraction of sp³-hybridized carbons (Fsp3) is 0.250. The van der Waals surface area contributed by atoms with Crippen LogP contribution in [0.4, 0.5) is 10.1 Å². The number of hydrogen-bond donors (Lipinski definition) is 2. The van der Waals surface area contributed by atoms with Gasteiger partial charge in [0.05, 0.1) is 12.1 Å². The Hall–Kier alpha value is -2.86. The number of carbonyl (C=O) groups is 1. The molecule has 1 unspecified atom stereocenters. The lowest BCUT2D eigenvalue weighted by molar-refractivity contribution is -0.110. The highest BCUT2D eigenvalue weighted by Gasteiger charge is 2.43. The first-order valence-electron chi connectivity index (χ1n) is 11.4. The van der Waals surface area contributed by atoms with Crippen LogP contribution in [0.15, 0.2) is 66.7 Å². The number of methoxy groups -OCH3 is 1. The van der Waals surface area contributed by atoms with Crippen molar-refractivity contribution in [3.05, 3.63) is 99.8 Å². The molecule has 1 fully saturated rings. The van der Waals surface area contributed by atoms with Gasteiger partial charge in [-0.3, -0.25) is 0 Å². The third-order valence-electron chi connectivity index (χ3n) is 6.86. The molecule has 3 aromatic carbocycles. The van der Waals surface area contributed by atoms with Crippen LogP contribution >= 0.6 is 24.0 Å². The maximum atomic E-state index is 13.9. The number of hydrogen-bond acceptors (Lipinski definition) is 4. The van der Waals surface area contributed by atoms with Crippen molar-refractivity contribution in [2.45, 2.75) is 24.3 Å². The lowest BCUT2D eigenvalue weighted by atomic mass is 9.64. The van der Waals surface area contributed by atoms with Gasteiger partial charge in [-0.2, -0.15) is 0 Å². The highest BCUT2D eigenvalue weighted by molar-refractivity contribution is 6.32. The van der Waals surface area contributed by atoms with Crippen molar-refractivity contribution in [3.8, 4) is 5.75 Å². The Bertz CT molecular complexity index is 1260. The van der Waals surface area contributed by atoms with Gasteiger partial charge in [-0.1, -0.05) is 41.9 Å². The number of carbonyl (C=O) groups excluding carboxylic acids is 1. The zero-order chi connectivity index (χ0) is 23.7. The van der Waals surface area contributed by atoms with Gasteiger partial charge in [0, 0.05) is 18.3 Å². The summed E-state index contributed by atoms with van der Waals surface area (Å²) >= 11 is 6.50. The summed E-state index contributed by atoms with van der Waals surface area (Å²) < 4.78 is 19.4. The highest BCUT2D eigenvalue weighted by atomic mass is 35.5. The van der Waals surface area contributed by atoms with Gasteiger partial charge < -0.3 is 20.2 Å². The van der Waals surface area contributed by atoms with Crippen LogP contribution in [-0.2, 0) is 16.6 Å². The maximum Gasteiger partial charge on any atom is 0.139 e. The first-order valence-corrected chi connectivity index (χ1v) is 11.8. The van der Waals surface area contributed by atoms with Crippen molar-refractivity contribution in [2.24, 2.45) is 0 Å². The van der Waals surface area contributed by atoms with Gasteiger partial charge >= 0.3 is 0 Å². The number of fused-ring (bicyclic) bond motifs is 1. The summed E-state index contributed by atoms with van der Waals surface area (Å²) in [5, 5.41) is 7.18. The van der Waals surface area contributed by atoms with Crippen LogP contribution in [0, 0.1) is 5.82 Å². The molecule has 0 bridgehead atoms. The second-order valence-corrected chi connectivity index (χ2v) is 9.21. The van der Waals surface area contributed by atoms with Crippen LogP contribution in [-0.4, -0.2) is 32.5 Å². The Balaban J connectivity index is 0.00000289. The third kappa shape index (κ3) is 4.56. The molecule has 4 nitrogen and oxygen atoms in total. The van der Waals surface area contributed by atoms with Crippen molar-refractivity contribution >= 4 is 41.6 Å². The zero-order valence-corrected chi connectivity index (χ0v) is 20.9. The minimum absolute atomic E-state index is 0. The second-order valence-electron chi connectivity index (χ2n) is 8.81. The van der Waals surface area contributed by atoms with Crippen molar-refractivity contribution in [1.29, 1.82) is 0 Å². The fourth-order valence-electron chi connectivity index (χ4n) is 5.12. The van der Waals surface area contributed by atoms with Gasteiger partial charge in [-0.05, 0) is 83.6 Å². The van der Waals surface area contributed by atoms with E-state index in [0.717, 1.165) is 53.7 Å². The predicted octanol–water partition coefficient (Wildman–Crippen LogP) is 5.81. The quantitative estimate of drug-likeness (QED) is 0.409. The van der Waals surface area contributed by atoms with Crippen molar-refractivity contribution in [1.82, 2.24) is 5.32 Å². The average molecular weight is 513 g/mol. The topological polar surface area (TPSA) is 50.4 Å². The van der Waals surface area contributed by atoms with E-state index in [4.69, 9.17) is 16.3 Å². The number of ether oxygens (including phenoxy) is 1. The van der Waals surface area contributed by atoms with E-state index in [1.807, 2.05) is 48.5 Å². The van der Waals surface area contributed by atoms with E-state index in [1.165, 1.54) is 12.1 Å². The summed E-state index contributed by atoms with van der Waals surface area (Å²) in [4.78, 5) is 13.1. The number of allylic oxidation sites excluding steroid dienone is 2. The molecule has 1 aliphatic carbocycles. The lowest BCUT2D eigenvalue weighted by Crippen LogP contribution is -2.35. The summed E-state index contributed by atoms with van der Waals surface area (Å²) in [6, 6.07) is 18.5. The Kier molecular flexibility index (Phi) is 7.50. The predicted molar refractivity (Wildman–Crippen MR) is 142 cm³/mol. The van der Waals surface area contributed by atoms with Gasteiger partial charge in [-0.15, -0.1) is 12.4 Å². The van der Waals surface area contributed by atoms with Gasteiger partial charge in [0.25, 0.3) is 0 Å². The molecule has 0 spiro atoms. The monoisotopic (exact) mass is 512 g/mol. The molecule has 35 heavy (non-hydrogen) atoms. The molecule has 5 rings (SSSR count). The number of rotatable bonds is 6. The number of aldehydes is 1. The highest BCUT2D eigenvalue weighted by Crippen LogP contribution is 2.49. The molecular weight excluding hydrogens is 486 g/mol. The van der Waals surface area contributed by atoms with Crippen LogP contribution in [0.5, 0.6) is 5.75 Å². The van der Waals surface area contributed by atoms with E-state index in [2.05, 4.69) is 10.6 Å². The number of halogens is 3. The van der Waals surface area contributed by atoms with E-state index in [9.17, 15) is 9.18 Å². The molecule has 1 aliphatic heterocycles. The number of benzene rings is 3. The summed E-state index contributed by atoms with van der Waals surface area (Å²) in [5.41, 5.74) is 3.98. The van der Waals surface area contributed by atoms with Crippen LogP contribution < -0.4 is 15.4 Å². The van der Waals surface area contributed by atoms with Crippen LogP contribution in [0.2, 0.25) is 5.02 Å². The molecule has 0 aromatic heterocycles. The maximum absolute atomic E-state index is 13.9. The normalized spacial score (nSPS) is 20.9. The molecule has 182 valence electrons. The van der Waals surface area contributed by atoms with E-state index in [-0.39, 0.29) is 17.4 Å². The fourth-order valence-corrected chi connectivity index (χ4v) is 5.39. The van der Waals surface area contributed by atoms with Crippen molar-refractivity contribution in [2.75, 3.05) is 25.5 Å². The van der Waals surface area contributed by atoms with E-state index < -0.39 is 11.2 Å². The number of nitrogens with one attached hydrogen (secondary N) is 2. The molecule has 0 amide bonds. The molecule has 0 saturated carbocycles. The summed E-state index contributed by atoms with van der Waals surface area (Å²) in [7, 11) is 1.61. The van der Waals surface area contributed by atoms with E-state index >= 15 is 0 Å². The SMILES string of the molecule is COc1ccc2c(c1)C(C=O)(c1ccc(N[C@H]3CCNC3)cc1)C(c1ccc(F)cc1Cl)=CC2.Cl. The van der Waals surface area contributed by atoms with Crippen molar-refractivity contribution < 1.29 is 13.9 Å². The smallest absolute Gasteiger partial charge is 0.139 e. The molecule has 1 saturated heterocycles. The molecule has 2 aliphatic rings. The van der Waals surface area contributed by atoms with E-state index in [1.54, 1.807) is 13.2 Å². The Morgan fingerprint density at radius 1 is 1.14 bits per heavy atom. The molecule has 7 heteroatoms. The average Bonchev–Trinajstić information content (AvgIpc) is 3.37. The first-order chi connectivity index (χ1) is 16.5. The van der Waals surface area contributed by atoms with Crippen molar-refractivity contribution in [3.63, 3.8) is 0 Å². The molecule has 2 atom stereocenters. The Morgan fingerprint density at radius 2 is 1.94 bits per heavy atom. The number of anilines is 1. The second kappa shape index (κ2) is 10.4. The van der Waals surface area contributed by atoms with Gasteiger partial charge in [0.1, 0.15) is 23.3 Å². The van der Waals surface area contributed by atoms with Gasteiger partial charge in [-0.25, -0.2) is 4.39 Å². The summed E-state index contributed by atoms with van der Waals surface area (Å²) in [6.07, 6.45) is 4.70. The molecule has 1 heterocycles.